The number of unbranched alkanes of at least 4 members (excludes halogenated alkanes) is 45. The van der Waals surface area contributed by atoms with Gasteiger partial charge in [0.25, 0.3) is 0 Å². The van der Waals surface area contributed by atoms with Gasteiger partial charge in [0, 0.05) is 5.41 Å². The van der Waals surface area contributed by atoms with Gasteiger partial charge in [-0.3, -0.25) is 0 Å². The summed E-state index contributed by atoms with van der Waals surface area (Å²) in [7, 11) is 13.4. The van der Waals surface area contributed by atoms with Crippen LogP contribution >= 0.6 is 0 Å². The lowest BCUT2D eigenvalue weighted by Gasteiger charge is -2.34. The largest absolute Gasteiger partial charge is 0.385 e. The van der Waals surface area contributed by atoms with E-state index in [1.54, 1.807) is 0 Å². The van der Waals surface area contributed by atoms with Crippen molar-refractivity contribution in [2.45, 2.75) is 354 Å². The molecule has 3 atom stereocenters. The van der Waals surface area contributed by atoms with Crippen molar-refractivity contribution < 1.29 is 43.0 Å². The molecule has 0 aromatic carbocycles. The number of aliphatic hydroxyl groups excluding tert-OH is 3. The second-order valence-corrected chi connectivity index (χ2v) is 29.8. The number of hydrogen-bond acceptors (Lipinski definition) is 6. The van der Waals surface area contributed by atoms with Gasteiger partial charge in [-0.25, -0.2) is 0 Å². The molecular formula is C74H156N3O6+3. The van der Waals surface area contributed by atoms with E-state index in [0.29, 0.717) is 39.5 Å². The van der Waals surface area contributed by atoms with Crippen LogP contribution in [0.1, 0.15) is 336 Å². The predicted molar refractivity (Wildman–Crippen MR) is 363 cm³/mol. The Morgan fingerprint density at radius 2 is 0.398 bits per heavy atom. The van der Waals surface area contributed by atoms with Crippen LogP contribution in [0.2, 0.25) is 0 Å². The first-order valence-electron chi connectivity index (χ1n) is 37.2. The number of nitrogens with zero attached hydrogens (tertiary/aromatic N) is 3. The van der Waals surface area contributed by atoms with Crippen molar-refractivity contribution in [3.63, 3.8) is 0 Å². The molecule has 0 aromatic heterocycles. The first kappa shape index (κ1) is 82.6. The Hall–Kier alpha value is -0.360. The van der Waals surface area contributed by atoms with Crippen molar-refractivity contribution >= 4 is 0 Å². The third kappa shape index (κ3) is 60.3. The molecule has 0 rings (SSSR count). The van der Waals surface area contributed by atoms with E-state index in [2.05, 4.69) is 70.0 Å². The average molecular weight is 1180 g/mol. The van der Waals surface area contributed by atoms with Gasteiger partial charge < -0.3 is 43.0 Å². The van der Waals surface area contributed by atoms with E-state index < -0.39 is 23.7 Å². The molecule has 3 unspecified atom stereocenters. The fourth-order valence-corrected chi connectivity index (χ4v) is 12.9. The molecule has 0 aliphatic carbocycles. The van der Waals surface area contributed by atoms with Gasteiger partial charge in [0.05, 0.1) is 102 Å². The molecular weight excluding hydrogens is 1030 g/mol. The lowest BCUT2D eigenvalue weighted by atomic mass is 9.94. The number of aliphatic hydroxyl groups is 3. The molecule has 0 bridgehead atoms. The number of ether oxygens (including phenoxy) is 3. The van der Waals surface area contributed by atoms with E-state index >= 15 is 0 Å². The Labute approximate surface area is 521 Å². The molecule has 0 saturated heterocycles. The summed E-state index contributed by atoms with van der Waals surface area (Å²) in [6.45, 7) is 16.0. The highest BCUT2D eigenvalue weighted by molar-refractivity contribution is 4.75. The summed E-state index contributed by atoms with van der Waals surface area (Å²) < 4.78 is 21.3. The molecule has 9 nitrogen and oxygen atoms in total. The Kier molecular flexibility index (Phi) is 57.8. The summed E-state index contributed by atoms with van der Waals surface area (Å²) in [5, 5.41) is 33.7. The maximum Gasteiger partial charge on any atom is 0.126 e. The third-order valence-electron chi connectivity index (χ3n) is 18.2. The van der Waals surface area contributed by atoms with Gasteiger partial charge in [0.1, 0.15) is 37.9 Å². The maximum atomic E-state index is 11.2. The smallest absolute Gasteiger partial charge is 0.126 e. The first-order valence-corrected chi connectivity index (χ1v) is 37.2. The predicted octanol–water partition coefficient (Wildman–Crippen LogP) is 19.1. The van der Waals surface area contributed by atoms with E-state index in [9.17, 15) is 15.3 Å². The maximum absolute atomic E-state index is 11.2. The van der Waals surface area contributed by atoms with Crippen LogP contribution in [-0.4, -0.2) is 168 Å². The molecule has 9 heteroatoms. The van der Waals surface area contributed by atoms with Crippen LogP contribution in [0.15, 0.2) is 0 Å². The zero-order chi connectivity index (χ0) is 61.3. The zero-order valence-electron chi connectivity index (χ0n) is 58.6. The van der Waals surface area contributed by atoms with Crippen molar-refractivity contribution in [1.82, 2.24) is 0 Å². The van der Waals surface area contributed by atoms with Crippen LogP contribution in [-0.2, 0) is 14.2 Å². The van der Waals surface area contributed by atoms with Crippen LogP contribution in [0.4, 0.5) is 0 Å². The number of quaternary nitrogens is 3. The molecule has 0 aliphatic rings. The second-order valence-electron chi connectivity index (χ2n) is 29.8. The summed E-state index contributed by atoms with van der Waals surface area (Å²) in [5.41, 5.74) is -0.507. The van der Waals surface area contributed by atoms with Gasteiger partial charge in [-0.05, 0) is 38.5 Å². The van der Waals surface area contributed by atoms with E-state index in [-0.39, 0.29) is 19.8 Å². The minimum absolute atomic E-state index is 0.261. The second kappa shape index (κ2) is 58.0. The molecule has 500 valence electrons. The van der Waals surface area contributed by atoms with Crippen LogP contribution in [0.25, 0.3) is 0 Å². The zero-order valence-corrected chi connectivity index (χ0v) is 58.6. The molecule has 0 radical (unpaired) electrons. The molecule has 3 N–H and O–H groups in total. The summed E-state index contributed by atoms with van der Waals surface area (Å²) in [6, 6.07) is 0. The molecule has 0 spiro atoms. The Morgan fingerprint density at radius 1 is 0.253 bits per heavy atom. The topological polar surface area (TPSA) is 88.4 Å². The van der Waals surface area contributed by atoms with Crippen molar-refractivity contribution in [1.29, 1.82) is 0 Å². The molecule has 83 heavy (non-hydrogen) atoms. The van der Waals surface area contributed by atoms with Crippen LogP contribution in [0.3, 0.4) is 0 Å². The van der Waals surface area contributed by atoms with Crippen molar-refractivity contribution in [2.24, 2.45) is 5.41 Å². The quantitative estimate of drug-likeness (QED) is 0.0415. The highest BCUT2D eigenvalue weighted by Crippen LogP contribution is 2.22. The van der Waals surface area contributed by atoms with Gasteiger partial charge in [-0.15, -0.1) is 0 Å². The molecule has 0 aliphatic heterocycles. The average Bonchev–Trinajstić information content (AvgIpc) is 3.45. The summed E-state index contributed by atoms with van der Waals surface area (Å²) >= 11 is 0. The van der Waals surface area contributed by atoms with Gasteiger partial charge in [0.15, 0.2) is 0 Å². The Bertz CT molecular complexity index is 1150. The van der Waals surface area contributed by atoms with Crippen molar-refractivity contribution in [3.8, 4) is 0 Å². The van der Waals surface area contributed by atoms with Gasteiger partial charge in [-0.2, -0.15) is 0 Å². The SMILES string of the molecule is CCCCCCCCCCCCCCCCCC[N+](C)(C)CC(O)COCC(C)(COCC(O)C[N+](C)(C)CCCCCCCCCCCCCCCCCC)COCC(O)C[N+](C)(C)CCCCCCCCCCCCCCCCCC. The molecule has 0 saturated carbocycles. The van der Waals surface area contributed by atoms with E-state index in [0.717, 1.165) is 33.1 Å². The van der Waals surface area contributed by atoms with Crippen molar-refractivity contribution in [3.05, 3.63) is 0 Å². The number of hydrogen-bond donors (Lipinski definition) is 3. The van der Waals surface area contributed by atoms with Gasteiger partial charge in [0.2, 0.25) is 0 Å². The molecule has 0 aromatic rings. The summed E-state index contributed by atoms with van der Waals surface area (Å²) in [5.74, 6) is 0. The standard InChI is InChI=1S/C74H156N3O6/c1-11-14-17-20-23-26-29-32-35-38-41-44-47-50-53-56-59-75(5,6)62-71(78)65-81-68-74(4,69-82-66-72(79)63-76(7,8)60-57-54-51-48-45-42-39-36-33-30-27-24-21-18-15-12-2)70-83-67-73(80)64-77(9,10)61-58-55-52-49-46-43-40-37-34-31-28-25-22-19-16-13-3/h71-73,78-80H,11-70H2,1-10H3/q+3. The normalized spacial score (nSPS) is 14.4. The first-order chi connectivity index (χ1) is 40.0. The van der Waals surface area contributed by atoms with E-state index in [1.165, 1.54) is 308 Å². The highest BCUT2D eigenvalue weighted by atomic mass is 16.5. The summed E-state index contributed by atoms with van der Waals surface area (Å²) in [6.07, 6.45) is 64.3. The molecule has 0 heterocycles. The molecule has 0 amide bonds. The minimum Gasteiger partial charge on any atom is -0.385 e. The van der Waals surface area contributed by atoms with Crippen molar-refractivity contribution in [2.75, 3.05) is 121 Å². The van der Waals surface area contributed by atoms with E-state index in [1.807, 2.05) is 0 Å². The monoisotopic (exact) mass is 1180 g/mol. The fourth-order valence-electron chi connectivity index (χ4n) is 12.9. The number of likely N-dealkylation sites (N-methyl/N-ethyl adjacent to an activating group) is 3. The Balaban J connectivity index is 4.84. The van der Waals surface area contributed by atoms with Crippen LogP contribution in [0.5, 0.6) is 0 Å². The third-order valence-corrected chi connectivity index (χ3v) is 18.2. The van der Waals surface area contributed by atoms with Gasteiger partial charge >= 0.3 is 0 Å². The summed E-state index contributed by atoms with van der Waals surface area (Å²) in [4.78, 5) is 0. The minimum atomic E-state index is -0.565. The Morgan fingerprint density at radius 3 is 0.554 bits per heavy atom. The lowest BCUT2D eigenvalue weighted by molar-refractivity contribution is -0.893. The van der Waals surface area contributed by atoms with E-state index in [4.69, 9.17) is 14.2 Å². The highest BCUT2D eigenvalue weighted by Gasteiger charge is 2.30. The number of rotatable bonds is 69. The van der Waals surface area contributed by atoms with Crippen LogP contribution < -0.4 is 0 Å². The van der Waals surface area contributed by atoms with Gasteiger partial charge in [-0.1, -0.05) is 297 Å². The fraction of sp³-hybridized carbons (Fsp3) is 1.00. The lowest BCUT2D eigenvalue weighted by Crippen LogP contribution is -2.48. The van der Waals surface area contributed by atoms with Crippen LogP contribution in [0, 0.1) is 5.41 Å². The molecule has 0 fully saturated rings.